The SMILES string of the molecule is CC1CCN(CCC(=O)Nc2cc(Cl)ccc2Cl)C(CN)C1. The quantitative estimate of drug-likeness (QED) is 0.861. The lowest BCUT2D eigenvalue weighted by Gasteiger charge is -2.37. The van der Waals surface area contributed by atoms with Gasteiger partial charge in [-0.2, -0.15) is 0 Å². The van der Waals surface area contributed by atoms with E-state index in [0.29, 0.717) is 40.7 Å². The Bertz CT molecular complexity index is 524. The van der Waals surface area contributed by atoms with Crippen molar-refractivity contribution >= 4 is 34.8 Å². The predicted molar refractivity (Wildman–Crippen MR) is 92.5 cm³/mol. The molecule has 2 unspecified atom stereocenters. The Morgan fingerprint density at radius 2 is 2.23 bits per heavy atom. The van der Waals surface area contributed by atoms with E-state index in [2.05, 4.69) is 17.1 Å². The van der Waals surface area contributed by atoms with Crippen LogP contribution in [0.3, 0.4) is 0 Å². The van der Waals surface area contributed by atoms with Crippen LogP contribution < -0.4 is 11.1 Å². The van der Waals surface area contributed by atoms with Gasteiger partial charge < -0.3 is 11.1 Å². The van der Waals surface area contributed by atoms with Crippen molar-refractivity contribution < 1.29 is 4.79 Å². The van der Waals surface area contributed by atoms with Crippen molar-refractivity contribution in [3.05, 3.63) is 28.2 Å². The van der Waals surface area contributed by atoms with E-state index in [1.54, 1.807) is 18.2 Å². The van der Waals surface area contributed by atoms with Gasteiger partial charge in [-0.05, 0) is 43.5 Å². The van der Waals surface area contributed by atoms with Gasteiger partial charge in [-0.3, -0.25) is 9.69 Å². The highest BCUT2D eigenvalue weighted by Gasteiger charge is 2.25. The van der Waals surface area contributed by atoms with Crippen LogP contribution in [0.1, 0.15) is 26.2 Å². The van der Waals surface area contributed by atoms with Crippen LogP contribution in [0.2, 0.25) is 10.0 Å². The zero-order valence-electron chi connectivity index (χ0n) is 12.8. The van der Waals surface area contributed by atoms with Crippen molar-refractivity contribution in [2.24, 2.45) is 11.7 Å². The minimum absolute atomic E-state index is 0.0569. The number of anilines is 1. The summed E-state index contributed by atoms with van der Waals surface area (Å²) in [5.74, 6) is 0.655. The maximum absolute atomic E-state index is 12.1. The summed E-state index contributed by atoms with van der Waals surface area (Å²) in [6.07, 6.45) is 2.70. The fraction of sp³-hybridized carbons (Fsp3) is 0.562. The van der Waals surface area contributed by atoms with Gasteiger partial charge >= 0.3 is 0 Å². The molecule has 1 saturated heterocycles. The first kappa shape index (κ1) is 17.5. The second kappa shape index (κ2) is 8.16. The molecular formula is C16H23Cl2N3O. The molecule has 1 aromatic rings. The molecule has 122 valence electrons. The van der Waals surface area contributed by atoms with Crippen LogP contribution in [-0.2, 0) is 4.79 Å². The van der Waals surface area contributed by atoms with Crippen LogP contribution in [0.25, 0.3) is 0 Å². The average molecular weight is 344 g/mol. The Balaban J connectivity index is 1.86. The van der Waals surface area contributed by atoms with Crippen molar-refractivity contribution in [2.45, 2.75) is 32.2 Å². The number of carbonyl (C=O) groups is 1. The van der Waals surface area contributed by atoms with E-state index in [1.165, 1.54) is 0 Å². The van der Waals surface area contributed by atoms with Gasteiger partial charge in [0.1, 0.15) is 0 Å². The summed E-state index contributed by atoms with van der Waals surface area (Å²) in [6, 6.07) is 5.41. The predicted octanol–water partition coefficient (Wildman–Crippen LogP) is 3.38. The molecular weight excluding hydrogens is 321 g/mol. The van der Waals surface area contributed by atoms with Gasteiger partial charge in [-0.1, -0.05) is 30.1 Å². The minimum Gasteiger partial charge on any atom is -0.329 e. The molecule has 0 saturated carbocycles. The summed E-state index contributed by atoms with van der Waals surface area (Å²) in [5, 5.41) is 3.86. The number of halogens is 2. The molecule has 1 fully saturated rings. The van der Waals surface area contributed by atoms with Crippen LogP contribution in [0.15, 0.2) is 18.2 Å². The molecule has 1 aliphatic heterocycles. The molecule has 4 nitrogen and oxygen atoms in total. The van der Waals surface area contributed by atoms with E-state index in [1.807, 2.05) is 0 Å². The summed E-state index contributed by atoms with van der Waals surface area (Å²) >= 11 is 12.0. The number of carbonyl (C=O) groups excluding carboxylic acids is 1. The van der Waals surface area contributed by atoms with E-state index >= 15 is 0 Å². The number of hydrogen-bond donors (Lipinski definition) is 2. The van der Waals surface area contributed by atoms with E-state index in [0.717, 1.165) is 25.9 Å². The maximum Gasteiger partial charge on any atom is 0.225 e. The number of benzene rings is 1. The molecule has 3 N–H and O–H groups in total. The summed E-state index contributed by atoms with van der Waals surface area (Å²) < 4.78 is 0. The molecule has 1 amide bonds. The lowest BCUT2D eigenvalue weighted by Crippen LogP contribution is -2.47. The van der Waals surface area contributed by atoms with Gasteiger partial charge in [0, 0.05) is 30.6 Å². The molecule has 1 aromatic carbocycles. The first-order chi connectivity index (χ1) is 10.5. The van der Waals surface area contributed by atoms with Crippen molar-refractivity contribution in [3.63, 3.8) is 0 Å². The molecule has 0 aromatic heterocycles. The number of likely N-dealkylation sites (tertiary alicyclic amines) is 1. The fourth-order valence-corrected chi connectivity index (χ4v) is 3.23. The normalized spacial score (nSPS) is 22.5. The Labute approximate surface area is 141 Å². The highest BCUT2D eigenvalue weighted by molar-refractivity contribution is 6.35. The van der Waals surface area contributed by atoms with Gasteiger partial charge in [0.2, 0.25) is 5.91 Å². The second-order valence-electron chi connectivity index (χ2n) is 5.98. The number of nitrogens with two attached hydrogens (primary N) is 1. The van der Waals surface area contributed by atoms with Gasteiger partial charge in [0.05, 0.1) is 10.7 Å². The average Bonchev–Trinajstić information content (AvgIpc) is 2.49. The van der Waals surface area contributed by atoms with Crippen molar-refractivity contribution in [1.82, 2.24) is 4.90 Å². The van der Waals surface area contributed by atoms with Crippen LogP contribution in [0.5, 0.6) is 0 Å². The van der Waals surface area contributed by atoms with Crippen LogP contribution in [-0.4, -0.2) is 36.5 Å². The Morgan fingerprint density at radius 3 is 2.95 bits per heavy atom. The third kappa shape index (κ3) is 4.85. The molecule has 0 radical (unpaired) electrons. The summed E-state index contributed by atoms with van der Waals surface area (Å²) in [5.41, 5.74) is 6.41. The van der Waals surface area contributed by atoms with Gasteiger partial charge in [-0.25, -0.2) is 0 Å². The van der Waals surface area contributed by atoms with E-state index in [4.69, 9.17) is 28.9 Å². The highest BCUT2D eigenvalue weighted by atomic mass is 35.5. The Kier molecular flexibility index (Phi) is 6.50. The molecule has 22 heavy (non-hydrogen) atoms. The molecule has 1 heterocycles. The van der Waals surface area contributed by atoms with Crippen LogP contribution in [0, 0.1) is 5.92 Å². The summed E-state index contributed by atoms with van der Waals surface area (Å²) in [6.45, 7) is 4.63. The summed E-state index contributed by atoms with van der Waals surface area (Å²) in [4.78, 5) is 14.4. The zero-order valence-corrected chi connectivity index (χ0v) is 14.3. The molecule has 6 heteroatoms. The summed E-state index contributed by atoms with van der Waals surface area (Å²) in [7, 11) is 0. The zero-order chi connectivity index (χ0) is 16.1. The van der Waals surface area contributed by atoms with Crippen molar-refractivity contribution in [1.29, 1.82) is 0 Å². The third-order valence-electron chi connectivity index (χ3n) is 4.20. The maximum atomic E-state index is 12.1. The van der Waals surface area contributed by atoms with E-state index in [-0.39, 0.29) is 5.91 Å². The van der Waals surface area contributed by atoms with E-state index < -0.39 is 0 Å². The number of amides is 1. The van der Waals surface area contributed by atoms with Crippen LogP contribution >= 0.6 is 23.2 Å². The molecule has 2 rings (SSSR count). The smallest absolute Gasteiger partial charge is 0.225 e. The van der Waals surface area contributed by atoms with Gasteiger partial charge in [0.15, 0.2) is 0 Å². The Hall–Kier alpha value is -0.810. The van der Waals surface area contributed by atoms with Crippen molar-refractivity contribution in [2.75, 3.05) is 25.0 Å². The third-order valence-corrected chi connectivity index (χ3v) is 4.77. The number of rotatable bonds is 5. The van der Waals surface area contributed by atoms with E-state index in [9.17, 15) is 4.79 Å². The van der Waals surface area contributed by atoms with Crippen molar-refractivity contribution in [3.8, 4) is 0 Å². The molecule has 2 atom stereocenters. The second-order valence-corrected chi connectivity index (χ2v) is 6.82. The lowest BCUT2D eigenvalue weighted by atomic mass is 9.92. The lowest BCUT2D eigenvalue weighted by molar-refractivity contribution is -0.116. The van der Waals surface area contributed by atoms with Crippen LogP contribution in [0.4, 0.5) is 5.69 Å². The molecule has 1 aliphatic rings. The topological polar surface area (TPSA) is 58.4 Å². The Morgan fingerprint density at radius 1 is 1.45 bits per heavy atom. The number of piperidine rings is 1. The monoisotopic (exact) mass is 343 g/mol. The fourth-order valence-electron chi connectivity index (χ4n) is 2.89. The largest absolute Gasteiger partial charge is 0.329 e. The highest BCUT2D eigenvalue weighted by Crippen LogP contribution is 2.26. The minimum atomic E-state index is -0.0569. The standard InChI is InChI=1S/C16H23Cl2N3O/c1-11-4-6-21(13(8-11)10-19)7-5-16(22)20-15-9-12(17)2-3-14(15)18/h2-3,9,11,13H,4-8,10,19H2,1H3,(H,20,22). The number of hydrogen-bond acceptors (Lipinski definition) is 3. The number of nitrogens with zero attached hydrogens (tertiary/aromatic N) is 1. The molecule has 0 aliphatic carbocycles. The molecule has 0 bridgehead atoms. The number of nitrogens with one attached hydrogen (secondary N) is 1. The first-order valence-electron chi connectivity index (χ1n) is 7.68. The van der Waals surface area contributed by atoms with Gasteiger partial charge in [0.25, 0.3) is 0 Å². The molecule has 0 spiro atoms. The van der Waals surface area contributed by atoms with Gasteiger partial charge in [-0.15, -0.1) is 0 Å². The first-order valence-corrected chi connectivity index (χ1v) is 8.44.